The van der Waals surface area contributed by atoms with Crippen molar-refractivity contribution in [3.63, 3.8) is 0 Å². The van der Waals surface area contributed by atoms with E-state index in [1.165, 1.54) is 13.1 Å². The maximum atomic E-state index is 12.5. The third kappa shape index (κ3) is 4.59. The molecule has 0 radical (unpaired) electrons. The average Bonchev–Trinajstić information content (AvgIpc) is 2.24. The van der Waals surface area contributed by atoms with Crippen LogP contribution in [0.25, 0.3) is 0 Å². The fourth-order valence-electron chi connectivity index (χ4n) is 1.03. The van der Waals surface area contributed by atoms with Gasteiger partial charge in [0.05, 0.1) is 0 Å². The van der Waals surface area contributed by atoms with E-state index in [2.05, 4.69) is 10.3 Å². The molecule has 0 bridgehead atoms. The summed E-state index contributed by atoms with van der Waals surface area (Å²) in [5.41, 5.74) is 5.72. The van der Waals surface area contributed by atoms with Gasteiger partial charge in [0.1, 0.15) is 12.8 Å². The monoisotopic (exact) mass is 227 g/mol. The minimum Gasteiger partial charge on any atom is -0.475 e. The predicted octanol–water partition coefficient (Wildman–Crippen LogP) is 0.987. The molecule has 0 aliphatic carbocycles. The van der Waals surface area contributed by atoms with Gasteiger partial charge in [0.15, 0.2) is 0 Å². The zero-order chi connectivity index (χ0) is 12.0. The number of hydrogen-bond donors (Lipinski definition) is 2. The number of pyridine rings is 1. The van der Waals surface area contributed by atoms with E-state index in [1.807, 2.05) is 0 Å². The molecule has 1 heterocycles. The molecular weight excluding hydrogens is 213 g/mol. The smallest absolute Gasteiger partial charge is 0.312 e. The van der Waals surface area contributed by atoms with Gasteiger partial charge in [-0.2, -0.15) is 0 Å². The summed E-state index contributed by atoms with van der Waals surface area (Å²) in [4.78, 5) is 14.4. The molecule has 88 valence electrons. The Morgan fingerprint density at radius 1 is 1.75 bits per heavy atom. The van der Waals surface area contributed by atoms with Crippen molar-refractivity contribution in [2.24, 2.45) is 5.73 Å². The highest BCUT2D eigenvalue weighted by Crippen LogP contribution is 2.09. The van der Waals surface area contributed by atoms with Gasteiger partial charge in [-0.15, -0.1) is 0 Å². The van der Waals surface area contributed by atoms with E-state index in [1.54, 1.807) is 12.1 Å². The Bertz CT molecular complexity index is 358. The van der Waals surface area contributed by atoms with Crippen LogP contribution in [0.15, 0.2) is 18.3 Å². The number of ether oxygens (including phenoxy) is 1. The number of hydrogen-bond acceptors (Lipinski definition) is 3. The summed E-state index contributed by atoms with van der Waals surface area (Å²) in [6.45, 7) is 1.65. The molecule has 0 aromatic carbocycles. The number of alkyl halides is 1. The first kappa shape index (κ1) is 12.2. The van der Waals surface area contributed by atoms with Crippen molar-refractivity contribution in [2.75, 3.05) is 6.61 Å². The Morgan fingerprint density at radius 2 is 2.50 bits per heavy atom. The van der Waals surface area contributed by atoms with E-state index in [9.17, 15) is 9.18 Å². The standard InChI is InChI=1S/C10H14FN3O2/c1-7(11)6-16-9-4-8(2-3-13-9)5-14-10(12)15/h2-4,7H,5-6H2,1H3,(H3,12,14,15). The molecule has 2 amide bonds. The molecule has 1 rings (SSSR count). The molecule has 5 nitrogen and oxygen atoms in total. The van der Waals surface area contributed by atoms with Crippen molar-refractivity contribution in [1.82, 2.24) is 10.3 Å². The maximum absolute atomic E-state index is 12.5. The van der Waals surface area contributed by atoms with Gasteiger partial charge in [0.2, 0.25) is 5.88 Å². The van der Waals surface area contributed by atoms with E-state index in [4.69, 9.17) is 10.5 Å². The van der Waals surface area contributed by atoms with Crippen LogP contribution in [-0.2, 0) is 6.54 Å². The number of carbonyl (C=O) groups is 1. The van der Waals surface area contributed by atoms with Crippen LogP contribution >= 0.6 is 0 Å². The third-order valence-electron chi connectivity index (χ3n) is 1.73. The van der Waals surface area contributed by atoms with Gasteiger partial charge in [-0.05, 0) is 18.6 Å². The first-order chi connectivity index (χ1) is 7.58. The van der Waals surface area contributed by atoms with Crippen LogP contribution in [-0.4, -0.2) is 23.8 Å². The lowest BCUT2D eigenvalue weighted by Crippen LogP contribution is -2.28. The number of primary amides is 1. The van der Waals surface area contributed by atoms with Crippen molar-refractivity contribution >= 4 is 6.03 Å². The van der Waals surface area contributed by atoms with Gasteiger partial charge in [-0.1, -0.05) is 0 Å². The van der Waals surface area contributed by atoms with Crippen LogP contribution in [0.3, 0.4) is 0 Å². The summed E-state index contributed by atoms with van der Waals surface area (Å²) in [5, 5.41) is 2.44. The Balaban J connectivity index is 2.53. The van der Waals surface area contributed by atoms with Crippen LogP contribution in [0, 0.1) is 0 Å². The Kier molecular flexibility index (Phi) is 4.50. The number of rotatable bonds is 5. The number of urea groups is 1. The van der Waals surface area contributed by atoms with Gasteiger partial charge in [0.25, 0.3) is 0 Å². The molecule has 0 aliphatic heterocycles. The summed E-state index contributed by atoms with van der Waals surface area (Å²) >= 11 is 0. The molecular formula is C10H14FN3O2. The Labute approximate surface area is 92.8 Å². The number of amides is 2. The number of nitrogens with zero attached hydrogens (tertiary/aromatic N) is 1. The minimum absolute atomic E-state index is 0.0420. The largest absolute Gasteiger partial charge is 0.475 e. The second-order valence-corrected chi connectivity index (χ2v) is 3.31. The van der Waals surface area contributed by atoms with Crippen molar-refractivity contribution < 1.29 is 13.9 Å². The molecule has 0 fully saturated rings. The molecule has 0 aliphatic rings. The first-order valence-corrected chi connectivity index (χ1v) is 4.83. The third-order valence-corrected chi connectivity index (χ3v) is 1.73. The normalized spacial score (nSPS) is 11.9. The molecule has 1 aromatic rings. The van der Waals surface area contributed by atoms with Crippen molar-refractivity contribution in [3.05, 3.63) is 23.9 Å². The van der Waals surface area contributed by atoms with Gasteiger partial charge in [-0.25, -0.2) is 14.2 Å². The molecule has 0 saturated heterocycles. The highest BCUT2D eigenvalue weighted by Gasteiger charge is 2.02. The quantitative estimate of drug-likeness (QED) is 0.787. The van der Waals surface area contributed by atoms with Gasteiger partial charge >= 0.3 is 6.03 Å². The lowest BCUT2D eigenvalue weighted by atomic mass is 10.2. The summed E-state index contributed by atoms with van der Waals surface area (Å²) in [6.07, 6.45) is 0.477. The predicted molar refractivity (Wildman–Crippen MR) is 56.7 cm³/mol. The van der Waals surface area contributed by atoms with Crippen molar-refractivity contribution in [1.29, 1.82) is 0 Å². The second-order valence-electron chi connectivity index (χ2n) is 3.31. The van der Waals surface area contributed by atoms with E-state index < -0.39 is 12.2 Å². The average molecular weight is 227 g/mol. The molecule has 6 heteroatoms. The lowest BCUT2D eigenvalue weighted by Gasteiger charge is -2.07. The minimum atomic E-state index is -1.05. The molecule has 0 saturated carbocycles. The second kappa shape index (κ2) is 5.89. The molecule has 3 N–H and O–H groups in total. The molecule has 1 aromatic heterocycles. The molecule has 16 heavy (non-hydrogen) atoms. The zero-order valence-electron chi connectivity index (χ0n) is 8.94. The highest BCUT2D eigenvalue weighted by molar-refractivity contribution is 5.71. The lowest BCUT2D eigenvalue weighted by molar-refractivity contribution is 0.203. The summed E-state index contributed by atoms with van der Waals surface area (Å²) in [5.74, 6) is 0.327. The highest BCUT2D eigenvalue weighted by atomic mass is 19.1. The van der Waals surface area contributed by atoms with E-state index >= 15 is 0 Å². The first-order valence-electron chi connectivity index (χ1n) is 4.83. The SMILES string of the molecule is CC(F)COc1cc(CNC(N)=O)ccn1. The number of carbonyl (C=O) groups excluding carboxylic acids is 1. The Hall–Kier alpha value is -1.85. The summed E-state index contributed by atoms with van der Waals surface area (Å²) < 4.78 is 17.6. The molecule has 0 spiro atoms. The van der Waals surface area contributed by atoms with Crippen LogP contribution in [0.2, 0.25) is 0 Å². The van der Waals surface area contributed by atoms with Crippen LogP contribution in [0.5, 0.6) is 5.88 Å². The van der Waals surface area contributed by atoms with Gasteiger partial charge < -0.3 is 15.8 Å². The van der Waals surface area contributed by atoms with E-state index in [0.29, 0.717) is 12.4 Å². The fourth-order valence-corrected chi connectivity index (χ4v) is 1.03. The Morgan fingerprint density at radius 3 is 3.12 bits per heavy atom. The number of nitrogens with one attached hydrogen (secondary N) is 1. The molecule has 1 atom stereocenters. The van der Waals surface area contributed by atoms with Crippen LogP contribution < -0.4 is 15.8 Å². The van der Waals surface area contributed by atoms with Crippen LogP contribution in [0.1, 0.15) is 12.5 Å². The van der Waals surface area contributed by atoms with Gasteiger partial charge in [-0.3, -0.25) is 0 Å². The number of aromatic nitrogens is 1. The zero-order valence-corrected chi connectivity index (χ0v) is 8.94. The topological polar surface area (TPSA) is 77.2 Å². The van der Waals surface area contributed by atoms with Crippen molar-refractivity contribution in [3.8, 4) is 5.88 Å². The summed E-state index contributed by atoms with van der Waals surface area (Å²) in [6, 6.07) is 2.73. The fraction of sp³-hybridized carbons (Fsp3) is 0.400. The number of nitrogens with two attached hydrogens (primary N) is 1. The summed E-state index contributed by atoms with van der Waals surface area (Å²) in [7, 11) is 0. The van der Waals surface area contributed by atoms with Crippen LogP contribution in [0.4, 0.5) is 9.18 Å². The van der Waals surface area contributed by atoms with Crippen molar-refractivity contribution in [2.45, 2.75) is 19.6 Å². The van der Waals surface area contributed by atoms with E-state index in [-0.39, 0.29) is 6.61 Å². The van der Waals surface area contributed by atoms with Gasteiger partial charge in [0, 0.05) is 18.8 Å². The molecule has 1 unspecified atom stereocenters. The number of halogens is 1. The maximum Gasteiger partial charge on any atom is 0.312 e. The van der Waals surface area contributed by atoms with E-state index in [0.717, 1.165) is 5.56 Å².